The molecule has 0 bridgehead atoms. The smallest absolute Gasteiger partial charge is 0.352 e. The Bertz CT molecular complexity index is 2350. The molecule has 252 valence electrons. The SMILES string of the molecule is COc1ccc([C@@]23C(=O)N(Nc4ccc(Cl)cc4Cl)C(=O)[C@@H]2C[C@@H]2C(=CCn4c(=O)n(-c5ccccc5)c(=O)n42)[C@@H]3c2ccccc2O)cc1. The number of para-hydroxylation sites is 2. The van der Waals surface area contributed by atoms with E-state index in [1.807, 2.05) is 6.08 Å². The molecule has 2 N–H and O–H groups in total. The van der Waals surface area contributed by atoms with E-state index in [-0.39, 0.29) is 29.4 Å². The molecule has 11 nitrogen and oxygen atoms in total. The number of carbonyl (C=O) groups is 2. The third kappa shape index (κ3) is 4.50. The second kappa shape index (κ2) is 11.8. The van der Waals surface area contributed by atoms with Crippen molar-refractivity contribution in [3.05, 3.63) is 151 Å². The lowest BCUT2D eigenvalue weighted by Crippen LogP contribution is -2.53. The van der Waals surface area contributed by atoms with Crippen LogP contribution in [-0.4, -0.2) is 43.0 Å². The summed E-state index contributed by atoms with van der Waals surface area (Å²) < 4.78 is 9.28. The van der Waals surface area contributed by atoms with Crippen molar-refractivity contribution in [1.82, 2.24) is 18.9 Å². The summed E-state index contributed by atoms with van der Waals surface area (Å²) in [6, 6.07) is 26.1. The van der Waals surface area contributed by atoms with Gasteiger partial charge in [-0.05, 0) is 66.1 Å². The number of aromatic hydroxyl groups is 1. The van der Waals surface area contributed by atoms with Gasteiger partial charge in [-0.25, -0.2) is 23.5 Å². The lowest BCUT2D eigenvalue weighted by molar-refractivity contribution is -0.138. The number of hydrazine groups is 1. The number of carbonyl (C=O) groups excluding carboxylic acids is 2. The maximum Gasteiger partial charge on any atom is 0.352 e. The Balaban J connectivity index is 1.38. The summed E-state index contributed by atoms with van der Waals surface area (Å²) in [5.41, 5.74) is 2.45. The minimum atomic E-state index is -1.61. The first-order valence-electron chi connectivity index (χ1n) is 15.9. The van der Waals surface area contributed by atoms with Gasteiger partial charge in [0.05, 0.1) is 47.4 Å². The minimum absolute atomic E-state index is 0.00277. The van der Waals surface area contributed by atoms with E-state index in [1.54, 1.807) is 84.9 Å². The quantitative estimate of drug-likeness (QED) is 0.178. The molecule has 0 radical (unpaired) electrons. The first-order chi connectivity index (χ1) is 24.2. The Kier molecular flexibility index (Phi) is 7.50. The number of hydrogen-bond acceptors (Lipinski definition) is 7. The summed E-state index contributed by atoms with van der Waals surface area (Å²) in [7, 11) is 1.53. The number of amides is 2. The fourth-order valence-corrected chi connectivity index (χ4v) is 8.43. The van der Waals surface area contributed by atoms with E-state index >= 15 is 4.79 Å². The number of fused-ring (bicyclic) bond motifs is 4. The highest BCUT2D eigenvalue weighted by atomic mass is 35.5. The number of phenolic OH excluding ortho intramolecular Hbond substituents is 1. The molecule has 4 atom stereocenters. The van der Waals surface area contributed by atoms with Gasteiger partial charge in [0.25, 0.3) is 11.8 Å². The van der Waals surface area contributed by atoms with E-state index in [0.717, 1.165) is 9.58 Å². The van der Waals surface area contributed by atoms with Crippen LogP contribution >= 0.6 is 23.2 Å². The van der Waals surface area contributed by atoms with Gasteiger partial charge in [-0.2, -0.15) is 5.01 Å². The molecule has 2 fully saturated rings. The molecule has 50 heavy (non-hydrogen) atoms. The van der Waals surface area contributed by atoms with Crippen molar-refractivity contribution in [3.8, 4) is 17.2 Å². The molecule has 13 heteroatoms. The van der Waals surface area contributed by atoms with E-state index in [9.17, 15) is 19.5 Å². The zero-order chi connectivity index (χ0) is 34.9. The van der Waals surface area contributed by atoms with Crippen LogP contribution < -0.4 is 21.5 Å². The van der Waals surface area contributed by atoms with Crippen LogP contribution in [0, 0.1) is 5.92 Å². The standard InChI is InChI=1S/C37H29Cl2N5O6/c1-50-24-14-11-21(12-15-24)37-27(33(46)43(34(37)47)40-29-16-13-22(38)19-28(29)39)20-30-25(32(37)26-9-5-6-10-31(26)45)17-18-41-35(48)42(36(49)44(30)41)23-7-3-2-4-8-23/h2-17,19,27,30,32,40,45H,18,20H2,1H3/t27-,30+,32+,37+/m0/s1. The number of halogens is 2. The van der Waals surface area contributed by atoms with Gasteiger partial charge in [0.2, 0.25) is 0 Å². The molecular formula is C37H29Cl2N5O6. The topological polar surface area (TPSA) is 128 Å². The number of phenols is 1. The fourth-order valence-electron chi connectivity index (χ4n) is 7.98. The molecule has 0 spiro atoms. The Morgan fingerprint density at radius 2 is 1.60 bits per heavy atom. The van der Waals surface area contributed by atoms with Crippen molar-refractivity contribution in [1.29, 1.82) is 0 Å². The Labute approximate surface area is 295 Å². The van der Waals surface area contributed by atoms with Crippen LogP contribution in [0.15, 0.2) is 118 Å². The zero-order valence-corrected chi connectivity index (χ0v) is 28.0. The van der Waals surface area contributed by atoms with Crippen LogP contribution in [0.5, 0.6) is 11.5 Å². The molecule has 1 aromatic heterocycles. The van der Waals surface area contributed by atoms with E-state index in [0.29, 0.717) is 33.2 Å². The van der Waals surface area contributed by atoms with E-state index < -0.39 is 46.5 Å². The largest absolute Gasteiger partial charge is 0.508 e. The van der Waals surface area contributed by atoms with Crippen molar-refractivity contribution in [2.24, 2.45) is 5.92 Å². The van der Waals surface area contributed by atoms with Gasteiger partial charge in [0.15, 0.2) is 0 Å². The van der Waals surface area contributed by atoms with Crippen LogP contribution in [0.3, 0.4) is 0 Å². The second-order valence-electron chi connectivity index (χ2n) is 12.5. The van der Waals surface area contributed by atoms with Gasteiger partial charge >= 0.3 is 11.4 Å². The monoisotopic (exact) mass is 709 g/mol. The first kappa shape index (κ1) is 31.7. The summed E-state index contributed by atoms with van der Waals surface area (Å²) in [6.45, 7) is 0.0255. The van der Waals surface area contributed by atoms with Crippen molar-refractivity contribution in [3.63, 3.8) is 0 Å². The lowest BCUT2D eigenvalue weighted by atomic mass is 9.53. The molecule has 1 aliphatic carbocycles. The van der Waals surface area contributed by atoms with Crippen molar-refractivity contribution >= 4 is 40.7 Å². The Hall–Kier alpha value is -5.52. The molecule has 3 aliphatic rings. The highest BCUT2D eigenvalue weighted by molar-refractivity contribution is 6.36. The summed E-state index contributed by atoms with van der Waals surface area (Å²) in [5, 5.41) is 13.0. The number of methoxy groups -OCH3 is 1. The molecule has 4 aromatic carbocycles. The number of nitrogens with zero attached hydrogens (tertiary/aromatic N) is 4. The average molecular weight is 711 g/mol. The molecule has 3 heterocycles. The van der Waals surface area contributed by atoms with Gasteiger partial charge in [-0.3, -0.25) is 15.0 Å². The number of hydrogen-bond donors (Lipinski definition) is 2. The van der Waals surface area contributed by atoms with Gasteiger partial charge < -0.3 is 9.84 Å². The fraction of sp³-hybridized carbons (Fsp3) is 0.189. The van der Waals surface area contributed by atoms with Crippen molar-refractivity contribution in [2.45, 2.75) is 30.3 Å². The maximum atomic E-state index is 15.2. The normalized spacial score (nSPS) is 22.4. The average Bonchev–Trinajstić information content (AvgIpc) is 3.51. The van der Waals surface area contributed by atoms with Crippen LogP contribution in [0.4, 0.5) is 5.69 Å². The Morgan fingerprint density at radius 3 is 2.30 bits per heavy atom. The summed E-state index contributed by atoms with van der Waals surface area (Å²) in [6.07, 6.45) is 1.83. The molecule has 2 aliphatic heterocycles. The summed E-state index contributed by atoms with van der Waals surface area (Å²) in [5.74, 6) is -2.69. The number of ether oxygens (including phenoxy) is 1. The number of nitrogens with one attached hydrogen (secondary N) is 1. The minimum Gasteiger partial charge on any atom is -0.508 e. The lowest BCUT2D eigenvalue weighted by Gasteiger charge is -2.49. The first-order valence-corrected chi connectivity index (χ1v) is 16.6. The van der Waals surface area contributed by atoms with E-state index in [4.69, 9.17) is 27.9 Å². The molecule has 1 saturated carbocycles. The van der Waals surface area contributed by atoms with E-state index in [1.165, 1.54) is 28.6 Å². The van der Waals surface area contributed by atoms with Crippen LogP contribution in [0.25, 0.3) is 5.69 Å². The third-order valence-corrected chi connectivity index (χ3v) is 10.7. The number of rotatable bonds is 6. The van der Waals surface area contributed by atoms with Gasteiger partial charge in [-0.1, -0.05) is 77.8 Å². The maximum absolute atomic E-state index is 15.2. The van der Waals surface area contributed by atoms with Crippen LogP contribution in [0.1, 0.15) is 29.5 Å². The number of anilines is 1. The highest BCUT2D eigenvalue weighted by Gasteiger charge is 2.69. The zero-order valence-electron chi connectivity index (χ0n) is 26.5. The number of allylic oxidation sites excluding steroid dienone is 2. The van der Waals surface area contributed by atoms with Gasteiger partial charge in [0.1, 0.15) is 11.5 Å². The molecule has 8 rings (SSSR count). The van der Waals surface area contributed by atoms with Gasteiger partial charge in [0, 0.05) is 16.5 Å². The van der Waals surface area contributed by atoms with Crippen LogP contribution in [-0.2, 0) is 21.5 Å². The molecule has 2 amide bonds. The predicted molar refractivity (Wildman–Crippen MR) is 187 cm³/mol. The summed E-state index contributed by atoms with van der Waals surface area (Å²) in [4.78, 5) is 58.0. The molecule has 1 saturated heterocycles. The third-order valence-electron chi connectivity index (χ3n) is 10.1. The number of benzene rings is 4. The molecular weight excluding hydrogens is 681 g/mol. The molecule has 0 unspecified atom stereocenters. The van der Waals surface area contributed by atoms with Crippen molar-refractivity contribution < 1.29 is 19.4 Å². The van der Waals surface area contributed by atoms with Crippen LogP contribution in [0.2, 0.25) is 10.0 Å². The van der Waals surface area contributed by atoms with Gasteiger partial charge in [-0.15, -0.1) is 0 Å². The molecule has 5 aromatic rings. The number of imide groups is 1. The summed E-state index contributed by atoms with van der Waals surface area (Å²) >= 11 is 12.6. The Morgan fingerprint density at radius 1 is 0.880 bits per heavy atom. The number of aromatic nitrogens is 3. The predicted octanol–water partition coefficient (Wildman–Crippen LogP) is 5.44. The second-order valence-corrected chi connectivity index (χ2v) is 13.3. The highest BCUT2D eigenvalue weighted by Crippen LogP contribution is 2.62. The van der Waals surface area contributed by atoms with Crippen molar-refractivity contribution in [2.75, 3.05) is 12.5 Å². The van der Waals surface area contributed by atoms with E-state index in [2.05, 4.69) is 5.43 Å².